The maximum absolute atomic E-state index is 15.1. The van der Waals surface area contributed by atoms with Gasteiger partial charge in [-0.25, -0.2) is 9.37 Å². The van der Waals surface area contributed by atoms with Crippen LogP contribution in [-0.4, -0.2) is 35.5 Å². The first-order chi connectivity index (χ1) is 17.4. The minimum absolute atomic E-state index is 0.0658. The molecule has 4 aromatic rings. The van der Waals surface area contributed by atoms with Crippen molar-refractivity contribution in [2.75, 3.05) is 18.6 Å². The molecule has 0 spiro atoms. The molecule has 0 aliphatic carbocycles. The molecule has 9 heteroatoms. The standard InChI is InChI=1S/C27H21FN2O5S/c1-3-35-17-8-6-7-15(13-17)24(31)22-23(18-9-4-5-10-19(18)28)30(26(33)25(22)32)27-29-20-12-11-16(34-2)14-21(20)36-27/h4-14,23,31H,3H2,1-2H3/b24-22+. The third kappa shape index (κ3) is 3.97. The number of hydrogen-bond donors (Lipinski definition) is 1. The van der Waals surface area contributed by atoms with Crippen LogP contribution in [0.4, 0.5) is 9.52 Å². The third-order valence-electron chi connectivity index (χ3n) is 5.85. The maximum atomic E-state index is 15.1. The summed E-state index contributed by atoms with van der Waals surface area (Å²) < 4.78 is 26.6. The number of aromatic nitrogens is 1. The number of Topliss-reactive ketones (excluding diaryl/α,β-unsaturated/α-hetero) is 1. The van der Waals surface area contributed by atoms with Crippen molar-refractivity contribution >= 4 is 44.1 Å². The van der Waals surface area contributed by atoms with Crippen LogP contribution in [0.1, 0.15) is 24.1 Å². The molecule has 1 unspecified atom stereocenters. The van der Waals surface area contributed by atoms with E-state index in [0.717, 1.165) is 9.60 Å². The second-order valence-electron chi connectivity index (χ2n) is 7.98. The fraction of sp³-hybridized carbons (Fsp3) is 0.148. The highest BCUT2D eigenvalue weighted by molar-refractivity contribution is 7.22. The molecule has 7 nitrogen and oxygen atoms in total. The van der Waals surface area contributed by atoms with Gasteiger partial charge in [0.2, 0.25) is 0 Å². The van der Waals surface area contributed by atoms with Crippen molar-refractivity contribution in [1.82, 2.24) is 4.98 Å². The number of halogens is 1. The predicted molar refractivity (Wildman–Crippen MR) is 135 cm³/mol. The van der Waals surface area contributed by atoms with Gasteiger partial charge in [-0.1, -0.05) is 41.7 Å². The fourth-order valence-electron chi connectivity index (χ4n) is 4.20. The smallest absolute Gasteiger partial charge is 0.301 e. The number of rotatable bonds is 6. The lowest BCUT2D eigenvalue weighted by atomic mass is 9.95. The van der Waals surface area contributed by atoms with Gasteiger partial charge in [-0.3, -0.25) is 14.5 Å². The quantitative estimate of drug-likeness (QED) is 0.213. The molecule has 1 saturated heterocycles. The predicted octanol–water partition coefficient (Wildman–Crippen LogP) is 5.47. The van der Waals surface area contributed by atoms with Gasteiger partial charge in [-0.15, -0.1) is 0 Å². The van der Waals surface area contributed by atoms with E-state index < -0.39 is 29.3 Å². The number of ketones is 1. The van der Waals surface area contributed by atoms with Crippen molar-refractivity contribution < 1.29 is 28.6 Å². The molecule has 1 aliphatic rings. The summed E-state index contributed by atoms with van der Waals surface area (Å²) in [5, 5.41) is 11.5. The van der Waals surface area contributed by atoms with Gasteiger partial charge in [0.25, 0.3) is 5.78 Å². The van der Waals surface area contributed by atoms with E-state index >= 15 is 4.39 Å². The van der Waals surface area contributed by atoms with Crippen LogP contribution in [0.25, 0.3) is 16.0 Å². The lowest BCUT2D eigenvalue weighted by Gasteiger charge is -2.23. The topological polar surface area (TPSA) is 89.0 Å². The van der Waals surface area contributed by atoms with E-state index in [1.807, 2.05) is 6.92 Å². The Kier molecular flexibility index (Phi) is 6.15. The molecule has 36 heavy (non-hydrogen) atoms. The number of ether oxygens (including phenoxy) is 2. The van der Waals surface area contributed by atoms with Crippen molar-refractivity contribution in [2.24, 2.45) is 0 Å². The first kappa shape index (κ1) is 23.5. The Morgan fingerprint density at radius 3 is 2.64 bits per heavy atom. The second-order valence-corrected chi connectivity index (χ2v) is 8.99. The molecule has 1 N–H and O–H groups in total. The Morgan fingerprint density at radius 2 is 1.89 bits per heavy atom. The van der Waals surface area contributed by atoms with Gasteiger partial charge in [0.1, 0.15) is 29.1 Å². The number of carbonyl (C=O) groups excluding carboxylic acids is 2. The van der Waals surface area contributed by atoms with Gasteiger partial charge in [0.05, 0.1) is 29.5 Å². The first-order valence-corrected chi connectivity index (χ1v) is 12.0. The van der Waals surface area contributed by atoms with Crippen molar-refractivity contribution in [3.63, 3.8) is 0 Å². The lowest BCUT2D eigenvalue weighted by molar-refractivity contribution is -0.132. The highest BCUT2D eigenvalue weighted by Gasteiger charge is 2.49. The van der Waals surface area contributed by atoms with E-state index in [4.69, 9.17) is 9.47 Å². The van der Waals surface area contributed by atoms with Crippen LogP contribution in [0.2, 0.25) is 0 Å². The van der Waals surface area contributed by atoms with Gasteiger partial charge in [0.15, 0.2) is 5.13 Å². The summed E-state index contributed by atoms with van der Waals surface area (Å²) in [4.78, 5) is 32.3. The molecule has 1 aliphatic heterocycles. The zero-order valence-electron chi connectivity index (χ0n) is 19.4. The average molecular weight is 505 g/mol. The number of methoxy groups -OCH3 is 1. The van der Waals surface area contributed by atoms with Gasteiger partial charge < -0.3 is 14.6 Å². The number of anilines is 1. The second kappa shape index (κ2) is 9.43. The van der Waals surface area contributed by atoms with Gasteiger partial charge in [-0.05, 0) is 43.3 Å². The van der Waals surface area contributed by atoms with Crippen LogP contribution in [0.15, 0.2) is 72.3 Å². The van der Waals surface area contributed by atoms with Crippen LogP contribution in [0.3, 0.4) is 0 Å². The number of amides is 1. The molecule has 182 valence electrons. The van der Waals surface area contributed by atoms with E-state index in [2.05, 4.69) is 4.98 Å². The molecular formula is C27H21FN2O5S. The van der Waals surface area contributed by atoms with E-state index in [1.54, 1.807) is 55.6 Å². The summed E-state index contributed by atoms with van der Waals surface area (Å²) >= 11 is 1.17. The largest absolute Gasteiger partial charge is 0.507 e. The normalized spacial score (nSPS) is 17.1. The molecule has 3 aromatic carbocycles. The number of fused-ring (bicyclic) bond motifs is 1. The summed E-state index contributed by atoms with van der Waals surface area (Å²) in [6.07, 6.45) is 0. The van der Waals surface area contributed by atoms with Gasteiger partial charge in [-0.2, -0.15) is 0 Å². The Morgan fingerprint density at radius 1 is 1.08 bits per heavy atom. The minimum atomic E-state index is -1.22. The monoisotopic (exact) mass is 504 g/mol. The van der Waals surface area contributed by atoms with Gasteiger partial charge in [0, 0.05) is 11.1 Å². The van der Waals surface area contributed by atoms with E-state index in [0.29, 0.717) is 23.6 Å². The Hall–Kier alpha value is -4.24. The van der Waals surface area contributed by atoms with Crippen molar-refractivity contribution in [3.8, 4) is 11.5 Å². The van der Waals surface area contributed by atoms with Crippen LogP contribution in [-0.2, 0) is 9.59 Å². The molecule has 1 amide bonds. The SMILES string of the molecule is CCOc1cccc(/C(O)=C2\C(=O)C(=O)N(c3nc4ccc(OC)cc4s3)C2c2ccccc2F)c1. The van der Waals surface area contributed by atoms with E-state index in [1.165, 1.54) is 29.5 Å². The molecule has 1 aromatic heterocycles. The average Bonchev–Trinajstić information content (AvgIpc) is 3.42. The number of nitrogens with zero attached hydrogens (tertiary/aromatic N) is 2. The third-order valence-corrected chi connectivity index (χ3v) is 6.87. The Bertz CT molecular complexity index is 1530. The summed E-state index contributed by atoms with van der Waals surface area (Å²) in [6, 6.07) is 16.4. The first-order valence-electron chi connectivity index (χ1n) is 11.2. The molecule has 0 radical (unpaired) electrons. The number of hydrogen-bond acceptors (Lipinski definition) is 7. The summed E-state index contributed by atoms with van der Waals surface area (Å²) in [6.45, 7) is 2.23. The Labute approximate surface area is 210 Å². The zero-order valence-corrected chi connectivity index (χ0v) is 20.2. The van der Waals surface area contributed by atoms with E-state index in [9.17, 15) is 14.7 Å². The maximum Gasteiger partial charge on any atom is 0.301 e. The van der Waals surface area contributed by atoms with Crippen LogP contribution in [0, 0.1) is 5.82 Å². The van der Waals surface area contributed by atoms with Crippen LogP contribution < -0.4 is 14.4 Å². The summed E-state index contributed by atoms with van der Waals surface area (Å²) in [5.74, 6) is -1.78. The fourth-order valence-corrected chi connectivity index (χ4v) is 5.22. The molecule has 0 bridgehead atoms. The molecule has 0 saturated carbocycles. The highest BCUT2D eigenvalue weighted by Crippen LogP contribution is 2.45. The molecule has 1 fully saturated rings. The van der Waals surface area contributed by atoms with Crippen molar-refractivity contribution in [1.29, 1.82) is 0 Å². The van der Waals surface area contributed by atoms with Crippen molar-refractivity contribution in [3.05, 3.63) is 89.2 Å². The zero-order chi connectivity index (χ0) is 25.4. The highest BCUT2D eigenvalue weighted by atomic mass is 32.1. The number of carbonyl (C=O) groups is 2. The molecular weight excluding hydrogens is 483 g/mol. The number of aliphatic hydroxyl groups excluding tert-OH is 1. The van der Waals surface area contributed by atoms with Crippen LogP contribution in [0.5, 0.6) is 11.5 Å². The number of thiazole rings is 1. The molecule has 1 atom stereocenters. The number of aliphatic hydroxyl groups is 1. The summed E-state index contributed by atoms with van der Waals surface area (Å²) in [7, 11) is 1.54. The molecule has 2 heterocycles. The van der Waals surface area contributed by atoms with Crippen molar-refractivity contribution in [2.45, 2.75) is 13.0 Å². The number of benzene rings is 3. The Balaban J connectivity index is 1.72. The minimum Gasteiger partial charge on any atom is -0.507 e. The van der Waals surface area contributed by atoms with Crippen LogP contribution >= 0.6 is 11.3 Å². The van der Waals surface area contributed by atoms with E-state index in [-0.39, 0.29) is 21.8 Å². The summed E-state index contributed by atoms with van der Waals surface area (Å²) in [5.41, 5.74) is 0.704. The van der Waals surface area contributed by atoms with Gasteiger partial charge >= 0.3 is 5.91 Å². The lowest BCUT2D eigenvalue weighted by Crippen LogP contribution is -2.29. The molecule has 5 rings (SSSR count).